The lowest BCUT2D eigenvalue weighted by Gasteiger charge is -2.40. The Labute approximate surface area is 162 Å². The van der Waals surface area contributed by atoms with Crippen LogP contribution in [-0.2, 0) is 6.42 Å². The van der Waals surface area contributed by atoms with Crippen molar-refractivity contribution in [1.82, 2.24) is 9.80 Å². The van der Waals surface area contributed by atoms with E-state index >= 15 is 0 Å². The topological polar surface area (TPSA) is 26.8 Å². The minimum atomic E-state index is 0.237. The smallest absolute Gasteiger partial charge is 0.320 e. The van der Waals surface area contributed by atoms with Crippen LogP contribution in [0.3, 0.4) is 0 Å². The average molecular weight is 364 g/mol. The summed E-state index contributed by atoms with van der Waals surface area (Å²) in [4.78, 5) is 19.4. The van der Waals surface area contributed by atoms with Gasteiger partial charge in [0.1, 0.15) is 0 Å². The average Bonchev–Trinajstić information content (AvgIpc) is 2.75. The fourth-order valence-corrected chi connectivity index (χ4v) is 4.27. The van der Waals surface area contributed by atoms with Crippen molar-refractivity contribution in [3.05, 3.63) is 66.2 Å². The van der Waals surface area contributed by atoms with E-state index < -0.39 is 0 Å². The molecule has 0 radical (unpaired) electrons. The van der Waals surface area contributed by atoms with Crippen molar-refractivity contribution >= 4 is 11.7 Å². The van der Waals surface area contributed by atoms with Crippen LogP contribution in [0, 0.1) is 5.92 Å². The number of rotatable bonds is 3. The molecular formula is C23H29N3O. The van der Waals surface area contributed by atoms with Gasteiger partial charge in [0.05, 0.1) is 0 Å². The Hall–Kier alpha value is -2.49. The van der Waals surface area contributed by atoms with Crippen LogP contribution in [0.25, 0.3) is 0 Å². The molecule has 2 aromatic rings. The lowest BCUT2D eigenvalue weighted by atomic mass is 9.90. The molecule has 0 aromatic heterocycles. The molecule has 0 unspecified atom stereocenters. The molecule has 4 nitrogen and oxygen atoms in total. The Morgan fingerprint density at radius 3 is 1.93 bits per heavy atom. The molecule has 0 aliphatic carbocycles. The van der Waals surface area contributed by atoms with Crippen LogP contribution in [0.5, 0.6) is 0 Å². The van der Waals surface area contributed by atoms with E-state index in [1.807, 2.05) is 11.0 Å². The van der Waals surface area contributed by atoms with Gasteiger partial charge in [0.15, 0.2) is 0 Å². The first kappa shape index (κ1) is 17.9. The monoisotopic (exact) mass is 363 g/mol. The largest absolute Gasteiger partial charge is 0.368 e. The van der Waals surface area contributed by atoms with Crippen LogP contribution in [0.1, 0.15) is 18.4 Å². The van der Waals surface area contributed by atoms with Crippen molar-refractivity contribution in [2.75, 3.05) is 44.2 Å². The van der Waals surface area contributed by atoms with Crippen molar-refractivity contribution in [3.8, 4) is 0 Å². The maximum Gasteiger partial charge on any atom is 0.320 e. The molecular weight excluding hydrogens is 334 g/mol. The number of piperidine rings is 1. The fraction of sp³-hybridized carbons (Fsp3) is 0.435. The Morgan fingerprint density at radius 1 is 0.741 bits per heavy atom. The van der Waals surface area contributed by atoms with E-state index in [-0.39, 0.29) is 6.03 Å². The Kier molecular flexibility index (Phi) is 5.61. The highest BCUT2D eigenvalue weighted by Gasteiger charge is 2.28. The summed E-state index contributed by atoms with van der Waals surface area (Å²) in [6.07, 6.45) is 3.37. The highest BCUT2D eigenvalue weighted by atomic mass is 16.2. The molecule has 0 spiro atoms. The zero-order valence-electron chi connectivity index (χ0n) is 16.0. The Balaban J connectivity index is 1.24. The van der Waals surface area contributed by atoms with E-state index in [1.54, 1.807) is 0 Å². The number of hydrogen-bond donors (Lipinski definition) is 0. The molecule has 0 saturated carbocycles. The summed E-state index contributed by atoms with van der Waals surface area (Å²) in [7, 11) is 0. The number of carbonyl (C=O) groups is 1. The third-order valence-electron chi connectivity index (χ3n) is 5.92. The number of para-hydroxylation sites is 1. The van der Waals surface area contributed by atoms with E-state index in [9.17, 15) is 4.79 Å². The maximum atomic E-state index is 12.9. The standard InChI is InChI=1S/C23H29N3O/c27-23(26-17-15-24(16-18-26)22-9-5-2-6-10-22)25-13-11-21(12-14-25)19-20-7-3-1-4-8-20/h1-10,21H,11-19H2. The van der Waals surface area contributed by atoms with E-state index in [4.69, 9.17) is 0 Å². The normalized spacial score (nSPS) is 18.6. The van der Waals surface area contributed by atoms with Crippen LogP contribution >= 0.6 is 0 Å². The maximum absolute atomic E-state index is 12.9. The third kappa shape index (κ3) is 4.44. The molecule has 0 bridgehead atoms. The number of benzene rings is 2. The predicted molar refractivity (Wildman–Crippen MR) is 110 cm³/mol. The van der Waals surface area contributed by atoms with Gasteiger partial charge < -0.3 is 14.7 Å². The van der Waals surface area contributed by atoms with Gasteiger partial charge in [-0.3, -0.25) is 0 Å². The van der Waals surface area contributed by atoms with Gasteiger partial charge in [-0.25, -0.2) is 4.79 Å². The number of carbonyl (C=O) groups excluding carboxylic acids is 1. The molecule has 2 fully saturated rings. The van der Waals surface area contributed by atoms with E-state index in [2.05, 4.69) is 64.4 Å². The molecule has 142 valence electrons. The summed E-state index contributed by atoms with van der Waals surface area (Å²) in [5, 5.41) is 0. The molecule has 2 amide bonds. The van der Waals surface area contributed by atoms with Gasteiger partial charge >= 0.3 is 6.03 Å². The molecule has 2 heterocycles. The second-order valence-corrected chi connectivity index (χ2v) is 7.71. The van der Waals surface area contributed by atoms with Gasteiger partial charge in [0, 0.05) is 45.0 Å². The third-order valence-corrected chi connectivity index (χ3v) is 5.92. The summed E-state index contributed by atoms with van der Waals surface area (Å²) in [5.41, 5.74) is 2.67. The van der Waals surface area contributed by atoms with Crippen LogP contribution in [0.2, 0.25) is 0 Å². The van der Waals surface area contributed by atoms with Crippen LogP contribution in [-0.4, -0.2) is 55.1 Å². The Bertz CT molecular complexity index is 718. The zero-order chi connectivity index (χ0) is 18.5. The van der Waals surface area contributed by atoms with Crippen molar-refractivity contribution in [1.29, 1.82) is 0 Å². The number of piperazine rings is 1. The van der Waals surface area contributed by atoms with E-state index in [1.165, 1.54) is 11.3 Å². The molecule has 2 saturated heterocycles. The second kappa shape index (κ2) is 8.47. The summed E-state index contributed by atoms with van der Waals surface area (Å²) in [6, 6.07) is 21.5. The van der Waals surface area contributed by atoms with Crippen molar-refractivity contribution in [2.45, 2.75) is 19.3 Å². The van der Waals surface area contributed by atoms with Gasteiger partial charge in [0.2, 0.25) is 0 Å². The zero-order valence-corrected chi connectivity index (χ0v) is 16.0. The number of anilines is 1. The minimum Gasteiger partial charge on any atom is -0.368 e. The van der Waals surface area contributed by atoms with Gasteiger partial charge in [0.25, 0.3) is 0 Å². The van der Waals surface area contributed by atoms with Crippen molar-refractivity contribution < 1.29 is 4.79 Å². The second-order valence-electron chi connectivity index (χ2n) is 7.71. The summed E-state index contributed by atoms with van der Waals surface area (Å²) >= 11 is 0. The number of nitrogens with zero attached hydrogens (tertiary/aromatic N) is 3. The molecule has 4 heteroatoms. The highest BCUT2D eigenvalue weighted by molar-refractivity contribution is 5.75. The van der Waals surface area contributed by atoms with Gasteiger partial charge in [-0.1, -0.05) is 48.5 Å². The van der Waals surface area contributed by atoms with E-state index in [0.29, 0.717) is 5.92 Å². The lowest BCUT2D eigenvalue weighted by molar-refractivity contribution is 0.130. The number of hydrogen-bond acceptors (Lipinski definition) is 2. The molecule has 0 N–H and O–H groups in total. The first-order chi connectivity index (χ1) is 13.3. The summed E-state index contributed by atoms with van der Waals surface area (Å²) < 4.78 is 0. The van der Waals surface area contributed by atoms with Gasteiger partial charge in [-0.15, -0.1) is 0 Å². The quantitative estimate of drug-likeness (QED) is 0.827. The first-order valence-electron chi connectivity index (χ1n) is 10.2. The Morgan fingerprint density at radius 2 is 1.30 bits per heavy atom. The molecule has 2 aromatic carbocycles. The highest BCUT2D eigenvalue weighted by Crippen LogP contribution is 2.23. The molecule has 4 rings (SSSR count). The first-order valence-corrected chi connectivity index (χ1v) is 10.2. The van der Waals surface area contributed by atoms with Crippen LogP contribution < -0.4 is 4.90 Å². The molecule has 27 heavy (non-hydrogen) atoms. The molecule has 0 atom stereocenters. The predicted octanol–water partition coefficient (Wildman–Crippen LogP) is 3.88. The molecule has 2 aliphatic heterocycles. The number of likely N-dealkylation sites (tertiary alicyclic amines) is 1. The fourth-order valence-electron chi connectivity index (χ4n) is 4.27. The summed E-state index contributed by atoms with van der Waals surface area (Å²) in [6.45, 7) is 5.26. The number of amides is 2. The molecule has 2 aliphatic rings. The number of urea groups is 1. The van der Waals surface area contributed by atoms with Crippen LogP contribution in [0.15, 0.2) is 60.7 Å². The SMILES string of the molecule is O=C(N1CCC(Cc2ccccc2)CC1)N1CCN(c2ccccc2)CC1. The lowest BCUT2D eigenvalue weighted by Crippen LogP contribution is -2.54. The van der Waals surface area contributed by atoms with Crippen molar-refractivity contribution in [2.24, 2.45) is 5.92 Å². The van der Waals surface area contributed by atoms with Crippen molar-refractivity contribution in [3.63, 3.8) is 0 Å². The van der Waals surface area contributed by atoms with E-state index in [0.717, 1.165) is 58.5 Å². The minimum absolute atomic E-state index is 0.237. The van der Waals surface area contributed by atoms with Gasteiger partial charge in [-0.05, 0) is 42.9 Å². The van der Waals surface area contributed by atoms with Gasteiger partial charge in [-0.2, -0.15) is 0 Å². The van der Waals surface area contributed by atoms with Crippen LogP contribution in [0.4, 0.5) is 10.5 Å². The summed E-state index contributed by atoms with van der Waals surface area (Å²) in [5.74, 6) is 0.700.